The molecule has 0 aromatic carbocycles. The molecule has 0 saturated carbocycles. The summed E-state index contributed by atoms with van der Waals surface area (Å²) in [6.45, 7) is 1.23. The molecule has 0 aliphatic carbocycles. The summed E-state index contributed by atoms with van der Waals surface area (Å²) in [5.41, 5.74) is -1.05. The predicted octanol–water partition coefficient (Wildman–Crippen LogP) is 3.52. The molecule has 1 N–H and O–H groups in total. The second kappa shape index (κ2) is 6.58. The Bertz CT molecular complexity index is 450. The molecule has 20 heavy (non-hydrogen) atoms. The van der Waals surface area contributed by atoms with Gasteiger partial charge in [0, 0.05) is 19.2 Å². The minimum Gasteiger partial charge on any atom is -0.378 e. The van der Waals surface area contributed by atoms with E-state index in [0.717, 1.165) is 38.4 Å². The van der Waals surface area contributed by atoms with Crippen molar-refractivity contribution in [2.24, 2.45) is 0 Å². The topological polar surface area (TPSA) is 47.0 Å². The van der Waals surface area contributed by atoms with E-state index < -0.39 is 17.2 Å². The van der Waals surface area contributed by atoms with Crippen molar-refractivity contribution in [1.29, 1.82) is 0 Å². The van der Waals surface area contributed by atoms with Crippen molar-refractivity contribution in [3.63, 3.8) is 0 Å². The molecule has 1 aliphatic heterocycles. The number of anilines is 1. The van der Waals surface area contributed by atoms with Gasteiger partial charge < -0.3 is 10.1 Å². The lowest BCUT2D eigenvalue weighted by Crippen LogP contribution is -2.22. The van der Waals surface area contributed by atoms with Crippen LogP contribution in [-0.4, -0.2) is 29.2 Å². The Morgan fingerprint density at radius 3 is 2.80 bits per heavy atom. The van der Waals surface area contributed by atoms with Gasteiger partial charge in [-0.15, -0.1) is 0 Å². The molecule has 1 fully saturated rings. The highest BCUT2D eigenvalue weighted by atomic mass is 35.5. The number of hydrogen-bond acceptors (Lipinski definition) is 4. The Balaban J connectivity index is 1.90. The summed E-state index contributed by atoms with van der Waals surface area (Å²) in [6, 6.07) is 0.855. The lowest BCUT2D eigenvalue weighted by molar-refractivity contribution is -0.141. The third-order valence-electron chi connectivity index (χ3n) is 3.04. The molecule has 0 bridgehead atoms. The maximum atomic E-state index is 12.6. The fourth-order valence-electron chi connectivity index (χ4n) is 2.05. The summed E-state index contributed by atoms with van der Waals surface area (Å²) < 4.78 is 43.2. The van der Waals surface area contributed by atoms with E-state index in [2.05, 4.69) is 15.3 Å². The molecule has 1 aliphatic rings. The third-order valence-corrected chi connectivity index (χ3v) is 3.20. The van der Waals surface area contributed by atoms with Crippen LogP contribution in [0.3, 0.4) is 0 Å². The van der Waals surface area contributed by atoms with Crippen LogP contribution < -0.4 is 5.32 Å². The van der Waals surface area contributed by atoms with E-state index in [1.165, 1.54) is 0 Å². The van der Waals surface area contributed by atoms with Gasteiger partial charge in [0.25, 0.3) is 0 Å². The van der Waals surface area contributed by atoms with Gasteiger partial charge in [0.1, 0.15) is 5.82 Å². The van der Waals surface area contributed by atoms with Crippen molar-refractivity contribution in [2.45, 2.75) is 38.0 Å². The van der Waals surface area contributed by atoms with Crippen LogP contribution in [0.25, 0.3) is 0 Å². The van der Waals surface area contributed by atoms with Crippen LogP contribution in [0, 0.1) is 0 Å². The maximum Gasteiger partial charge on any atom is 0.433 e. The third kappa shape index (κ3) is 4.49. The minimum atomic E-state index is -4.53. The van der Waals surface area contributed by atoms with Crippen LogP contribution in [0.2, 0.25) is 5.28 Å². The standard InChI is InChI=1S/C12H15ClF3N3O/c13-11-18-9(12(14,15)16)7-10(19-11)17-5-4-8-3-1-2-6-20-8/h7-8H,1-6H2,(H,17,18,19). The van der Waals surface area contributed by atoms with Crippen LogP contribution in [0.15, 0.2) is 6.07 Å². The Hall–Kier alpha value is -1.08. The van der Waals surface area contributed by atoms with Crippen LogP contribution in [0.1, 0.15) is 31.4 Å². The van der Waals surface area contributed by atoms with E-state index in [4.69, 9.17) is 16.3 Å². The molecule has 4 nitrogen and oxygen atoms in total. The Morgan fingerprint density at radius 1 is 1.35 bits per heavy atom. The quantitative estimate of drug-likeness (QED) is 0.865. The summed E-state index contributed by atoms with van der Waals surface area (Å²) in [4.78, 5) is 6.90. The van der Waals surface area contributed by atoms with Crippen molar-refractivity contribution >= 4 is 17.4 Å². The molecule has 0 amide bonds. The van der Waals surface area contributed by atoms with Gasteiger partial charge in [-0.05, 0) is 37.3 Å². The molecular formula is C12H15ClF3N3O. The molecule has 112 valence electrons. The van der Waals surface area contributed by atoms with Crippen molar-refractivity contribution in [2.75, 3.05) is 18.5 Å². The molecular weight excluding hydrogens is 295 g/mol. The van der Waals surface area contributed by atoms with Crippen LogP contribution in [0.4, 0.5) is 19.0 Å². The lowest BCUT2D eigenvalue weighted by atomic mass is 10.1. The lowest BCUT2D eigenvalue weighted by Gasteiger charge is -2.22. The van der Waals surface area contributed by atoms with Crippen molar-refractivity contribution in [3.05, 3.63) is 17.0 Å². The summed E-state index contributed by atoms with van der Waals surface area (Å²) in [6.07, 6.45) is -0.461. The van der Waals surface area contributed by atoms with Crippen molar-refractivity contribution in [3.8, 4) is 0 Å². The van der Waals surface area contributed by atoms with E-state index in [1.54, 1.807) is 0 Å². The fourth-order valence-corrected chi connectivity index (χ4v) is 2.23. The molecule has 0 spiro atoms. The molecule has 2 rings (SSSR count). The van der Waals surface area contributed by atoms with Crippen LogP contribution in [-0.2, 0) is 10.9 Å². The van der Waals surface area contributed by atoms with Crippen molar-refractivity contribution < 1.29 is 17.9 Å². The van der Waals surface area contributed by atoms with Gasteiger partial charge in [0.15, 0.2) is 5.69 Å². The zero-order chi connectivity index (χ0) is 14.6. The summed E-state index contributed by atoms with van der Waals surface area (Å²) in [5.74, 6) is 0.0770. The average Bonchev–Trinajstić information content (AvgIpc) is 2.38. The molecule has 0 radical (unpaired) electrons. The number of ether oxygens (including phenoxy) is 1. The summed E-state index contributed by atoms with van der Waals surface area (Å²) in [5, 5.41) is 2.41. The maximum absolute atomic E-state index is 12.6. The second-order valence-electron chi connectivity index (χ2n) is 4.61. The Labute approximate surface area is 119 Å². The molecule has 1 saturated heterocycles. The highest BCUT2D eigenvalue weighted by Gasteiger charge is 2.33. The molecule has 1 aromatic heterocycles. The van der Waals surface area contributed by atoms with E-state index in [0.29, 0.717) is 6.54 Å². The highest BCUT2D eigenvalue weighted by Crippen LogP contribution is 2.29. The van der Waals surface area contributed by atoms with Crippen molar-refractivity contribution in [1.82, 2.24) is 9.97 Å². The summed E-state index contributed by atoms with van der Waals surface area (Å²) in [7, 11) is 0. The molecule has 1 unspecified atom stereocenters. The first-order valence-electron chi connectivity index (χ1n) is 6.42. The van der Waals surface area contributed by atoms with Gasteiger partial charge in [0.2, 0.25) is 5.28 Å². The number of alkyl halides is 3. The number of halogens is 4. The second-order valence-corrected chi connectivity index (χ2v) is 4.95. The average molecular weight is 310 g/mol. The first-order valence-corrected chi connectivity index (χ1v) is 6.80. The summed E-state index contributed by atoms with van der Waals surface area (Å²) >= 11 is 5.50. The smallest absolute Gasteiger partial charge is 0.378 e. The normalized spacial score (nSPS) is 19.9. The number of rotatable bonds is 4. The number of hydrogen-bond donors (Lipinski definition) is 1. The van der Waals surface area contributed by atoms with Gasteiger partial charge in [-0.2, -0.15) is 13.2 Å². The number of nitrogens with one attached hydrogen (secondary N) is 1. The van der Waals surface area contributed by atoms with E-state index >= 15 is 0 Å². The van der Waals surface area contributed by atoms with Gasteiger partial charge in [-0.3, -0.25) is 0 Å². The largest absolute Gasteiger partial charge is 0.433 e. The monoisotopic (exact) mass is 309 g/mol. The zero-order valence-corrected chi connectivity index (χ0v) is 11.5. The molecule has 8 heteroatoms. The Morgan fingerprint density at radius 2 is 2.15 bits per heavy atom. The van der Waals surface area contributed by atoms with Gasteiger partial charge in [-0.25, -0.2) is 9.97 Å². The van der Waals surface area contributed by atoms with Gasteiger partial charge in [0.05, 0.1) is 6.10 Å². The Kier molecular flexibility index (Phi) is 5.04. The predicted molar refractivity (Wildman–Crippen MR) is 68.7 cm³/mol. The fraction of sp³-hybridized carbons (Fsp3) is 0.667. The molecule has 1 aromatic rings. The first-order chi connectivity index (χ1) is 9.45. The zero-order valence-electron chi connectivity index (χ0n) is 10.7. The van der Waals surface area contributed by atoms with E-state index in [1.807, 2.05) is 0 Å². The van der Waals surface area contributed by atoms with E-state index in [9.17, 15) is 13.2 Å². The van der Waals surface area contributed by atoms with Crippen LogP contribution >= 0.6 is 11.6 Å². The van der Waals surface area contributed by atoms with E-state index in [-0.39, 0.29) is 11.9 Å². The van der Waals surface area contributed by atoms with Gasteiger partial charge in [-0.1, -0.05) is 0 Å². The first kappa shape index (κ1) is 15.3. The van der Waals surface area contributed by atoms with Crippen LogP contribution in [0.5, 0.6) is 0 Å². The number of nitrogens with zero attached hydrogens (tertiary/aromatic N) is 2. The minimum absolute atomic E-state index is 0.0770. The van der Waals surface area contributed by atoms with Gasteiger partial charge >= 0.3 is 6.18 Å². The number of aromatic nitrogens is 2. The molecule has 1 atom stereocenters. The SMILES string of the molecule is FC(F)(F)c1cc(NCCC2CCCCO2)nc(Cl)n1. The highest BCUT2D eigenvalue weighted by molar-refractivity contribution is 6.28. The molecule has 2 heterocycles.